The molecular weight excluding hydrogens is 192 g/mol. The molecule has 78 valence electrons. The second-order valence-electron chi connectivity index (χ2n) is 3.31. The Morgan fingerprint density at radius 3 is 2.87 bits per heavy atom. The summed E-state index contributed by atoms with van der Waals surface area (Å²) in [6.45, 7) is 4.27. The van der Waals surface area contributed by atoms with E-state index in [9.17, 15) is 4.79 Å². The van der Waals surface area contributed by atoms with Crippen LogP contribution in [-0.2, 0) is 0 Å². The first-order valence-corrected chi connectivity index (χ1v) is 4.88. The molecule has 2 rings (SSSR count). The maximum absolute atomic E-state index is 11.6. The predicted molar refractivity (Wildman–Crippen MR) is 58.4 cm³/mol. The summed E-state index contributed by atoms with van der Waals surface area (Å²) in [6, 6.07) is 6.74. The molecule has 1 aromatic carbocycles. The zero-order valence-electron chi connectivity index (χ0n) is 8.74. The molecular formula is C12H12O3. The highest BCUT2D eigenvalue weighted by Gasteiger charge is 2.03. The second-order valence-corrected chi connectivity index (χ2v) is 3.31. The molecule has 0 saturated heterocycles. The molecule has 0 aliphatic rings. The van der Waals surface area contributed by atoms with E-state index < -0.39 is 0 Å². The van der Waals surface area contributed by atoms with Crippen molar-refractivity contribution in [3.05, 3.63) is 40.2 Å². The van der Waals surface area contributed by atoms with E-state index in [-0.39, 0.29) is 5.43 Å². The second kappa shape index (κ2) is 3.77. The molecule has 0 amide bonds. The van der Waals surface area contributed by atoms with Crippen molar-refractivity contribution in [1.82, 2.24) is 0 Å². The molecule has 3 nitrogen and oxygen atoms in total. The number of hydrogen-bond donors (Lipinski definition) is 0. The van der Waals surface area contributed by atoms with E-state index in [0.717, 1.165) is 5.75 Å². The molecule has 0 saturated carbocycles. The van der Waals surface area contributed by atoms with Crippen LogP contribution in [0.5, 0.6) is 5.75 Å². The Hall–Kier alpha value is -1.77. The van der Waals surface area contributed by atoms with Crippen LogP contribution >= 0.6 is 0 Å². The van der Waals surface area contributed by atoms with Crippen LogP contribution in [-0.4, -0.2) is 6.61 Å². The van der Waals surface area contributed by atoms with E-state index in [1.807, 2.05) is 6.92 Å². The van der Waals surface area contributed by atoms with Gasteiger partial charge in [-0.3, -0.25) is 4.79 Å². The highest BCUT2D eigenvalue weighted by atomic mass is 16.5. The van der Waals surface area contributed by atoms with Crippen LogP contribution in [0.3, 0.4) is 0 Å². The lowest BCUT2D eigenvalue weighted by Crippen LogP contribution is -2.00. The molecule has 0 unspecified atom stereocenters. The summed E-state index contributed by atoms with van der Waals surface area (Å²) in [5, 5.41) is 0.587. The largest absolute Gasteiger partial charge is 0.494 e. The quantitative estimate of drug-likeness (QED) is 0.754. The van der Waals surface area contributed by atoms with Crippen LogP contribution in [0.4, 0.5) is 0 Å². The first kappa shape index (κ1) is 9.77. The molecule has 2 aromatic rings. The first-order chi connectivity index (χ1) is 7.20. The van der Waals surface area contributed by atoms with Gasteiger partial charge in [0.2, 0.25) is 0 Å². The van der Waals surface area contributed by atoms with Crippen molar-refractivity contribution < 1.29 is 9.15 Å². The van der Waals surface area contributed by atoms with E-state index in [2.05, 4.69) is 0 Å². The zero-order valence-corrected chi connectivity index (χ0v) is 8.74. The highest BCUT2D eigenvalue weighted by molar-refractivity contribution is 5.77. The standard InChI is InChI=1S/C12H12O3/c1-3-14-9-4-5-10-11(13)6-8(2)15-12(10)7-9/h4-7H,3H2,1-2H3. The molecule has 1 heterocycles. The molecule has 15 heavy (non-hydrogen) atoms. The average molecular weight is 204 g/mol. The van der Waals surface area contributed by atoms with Gasteiger partial charge >= 0.3 is 0 Å². The van der Waals surface area contributed by atoms with E-state index >= 15 is 0 Å². The first-order valence-electron chi connectivity index (χ1n) is 4.88. The van der Waals surface area contributed by atoms with E-state index in [1.165, 1.54) is 6.07 Å². The summed E-state index contributed by atoms with van der Waals surface area (Å²) >= 11 is 0. The van der Waals surface area contributed by atoms with E-state index in [0.29, 0.717) is 23.3 Å². The van der Waals surface area contributed by atoms with Crippen LogP contribution in [0.1, 0.15) is 12.7 Å². The van der Waals surface area contributed by atoms with E-state index in [1.54, 1.807) is 25.1 Å². The molecule has 0 radical (unpaired) electrons. The minimum atomic E-state index is -0.0169. The van der Waals surface area contributed by atoms with Crippen molar-refractivity contribution in [1.29, 1.82) is 0 Å². The Bertz CT molecular complexity index is 540. The van der Waals surface area contributed by atoms with Gasteiger partial charge in [-0.15, -0.1) is 0 Å². The number of ether oxygens (including phenoxy) is 1. The van der Waals surface area contributed by atoms with Crippen molar-refractivity contribution in [3.63, 3.8) is 0 Å². The van der Waals surface area contributed by atoms with Crippen molar-refractivity contribution in [3.8, 4) is 5.75 Å². The van der Waals surface area contributed by atoms with Gasteiger partial charge in [-0.2, -0.15) is 0 Å². The SMILES string of the molecule is CCOc1ccc2c(=O)cc(C)oc2c1. The number of rotatable bonds is 2. The van der Waals surface area contributed by atoms with Crippen molar-refractivity contribution in [2.75, 3.05) is 6.61 Å². The van der Waals surface area contributed by atoms with Crippen molar-refractivity contribution in [2.24, 2.45) is 0 Å². The fourth-order valence-electron chi connectivity index (χ4n) is 1.51. The lowest BCUT2D eigenvalue weighted by Gasteiger charge is -2.03. The molecule has 0 atom stereocenters. The summed E-state index contributed by atoms with van der Waals surface area (Å²) < 4.78 is 10.8. The lowest BCUT2D eigenvalue weighted by molar-refractivity contribution is 0.340. The summed E-state index contributed by atoms with van der Waals surface area (Å²) in [5.41, 5.74) is 0.558. The fourth-order valence-corrected chi connectivity index (χ4v) is 1.51. The predicted octanol–water partition coefficient (Wildman–Crippen LogP) is 2.50. The van der Waals surface area contributed by atoms with Gasteiger partial charge in [0.1, 0.15) is 17.1 Å². The van der Waals surface area contributed by atoms with Crippen LogP contribution in [0.2, 0.25) is 0 Å². The Labute approximate surface area is 87.3 Å². The van der Waals surface area contributed by atoms with Gasteiger partial charge in [0, 0.05) is 12.1 Å². The van der Waals surface area contributed by atoms with Crippen LogP contribution < -0.4 is 10.2 Å². The molecule has 3 heteroatoms. The molecule has 0 spiro atoms. The molecule has 0 fully saturated rings. The molecule has 0 aliphatic carbocycles. The molecule has 0 N–H and O–H groups in total. The van der Waals surface area contributed by atoms with Gasteiger partial charge in [-0.1, -0.05) is 0 Å². The molecule has 0 bridgehead atoms. The Kier molecular flexibility index (Phi) is 2.46. The minimum Gasteiger partial charge on any atom is -0.494 e. The van der Waals surface area contributed by atoms with Gasteiger partial charge in [-0.25, -0.2) is 0 Å². The van der Waals surface area contributed by atoms with E-state index in [4.69, 9.17) is 9.15 Å². The average Bonchev–Trinajstić information content (AvgIpc) is 2.17. The van der Waals surface area contributed by atoms with Crippen molar-refractivity contribution in [2.45, 2.75) is 13.8 Å². The number of hydrogen-bond acceptors (Lipinski definition) is 3. The number of benzene rings is 1. The lowest BCUT2D eigenvalue weighted by atomic mass is 10.2. The maximum atomic E-state index is 11.6. The summed E-state index contributed by atoms with van der Waals surface area (Å²) in [6.07, 6.45) is 0. The Morgan fingerprint density at radius 2 is 2.13 bits per heavy atom. The fraction of sp³-hybridized carbons (Fsp3) is 0.250. The zero-order chi connectivity index (χ0) is 10.8. The third-order valence-electron chi connectivity index (χ3n) is 2.13. The monoisotopic (exact) mass is 204 g/mol. The summed E-state index contributed by atoms with van der Waals surface area (Å²) in [5.74, 6) is 1.33. The Morgan fingerprint density at radius 1 is 1.33 bits per heavy atom. The summed E-state index contributed by atoms with van der Waals surface area (Å²) in [4.78, 5) is 11.6. The molecule has 1 aromatic heterocycles. The van der Waals surface area contributed by atoms with Gasteiger partial charge in [0.15, 0.2) is 5.43 Å². The van der Waals surface area contributed by atoms with Crippen LogP contribution in [0.25, 0.3) is 11.0 Å². The third kappa shape index (κ3) is 1.86. The van der Waals surface area contributed by atoms with Gasteiger partial charge < -0.3 is 9.15 Å². The smallest absolute Gasteiger partial charge is 0.192 e. The molecule has 0 aliphatic heterocycles. The van der Waals surface area contributed by atoms with Crippen LogP contribution in [0, 0.1) is 6.92 Å². The highest BCUT2D eigenvalue weighted by Crippen LogP contribution is 2.19. The maximum Gasteiger partial charge on any atom is 0.192 e. The number of aryl methyl sites for hydroxylation is 1. The van der Waals surface area contributed by atoms with Crippen molar-refractivity contribution >= 4 is 11.0 Å². The Balaban J connectivity index is 2.65. The summed E-state index contributed by atoms with van der Waals surface area (Å²) in [7, 11) is 0. The normalized spacial score (nSPS) is 10.5. The van der Waals surface area contributed by atoms with Gasteiger partial charge in [0.05, 0.1) is 12.0 Å². The van der Waals surface area contributed by atoms with Crippen LogP contribution in [0.15, 0.2) is 33.5 Å². The minimum absolute atomic E-state index is 0.0169. The van der Waals surface area contributed by atoms with Gasteiger partial charge in [0.25, 0.3) is 0 Å². The number of fused-ring (bicyclic) bond motifs is 1. The third-order valence-corrected chi connectivity index (χ3v) is 2.13. The van der Waals surface area contributed by atoms with Gasteiger partial charge in [-0.05, 0) is 26.0 Å². The topological polar surface area (TPSA) is 39.4 Å².